The number of aryl methyl sites for hydroxylation is 1. The zero-order valence-electron chi connectivity index (χ0n) is 15.2. The van der Waals surface area contributed by atoms with Gasteiger partial charge in [0, 0.05) is 52.1 Å². The Morgan fingerprint density at radius 2 is 2.21 bits per heavy atom. The van der Waals surface area contributed by atoms with Crippen LogP contribution in [0.25, 0.3) is 0 Å². The molecule has 0 aromatic carbocycles. The molecule has 2 rings (SSSR count). The van der Waals surface area contributed by atoms with E-state index < -0.39 is 0 Å². The van der Waals surface area contributed by atoms with Gasteiger partial charge in [0.15, 0.2) is 0 Å². The topological polar surface area (TPSA) is 50.7 Å². The second kappa shape index (κ2) is 9.59. The van der Waals surface area contributed by atoms with Crippen LogP contribution in [0.15, 0.2) is 18.7 Å². The third-order valence-corrected chi connectivity index (χ3v) is 3.98. The van der Waals surface area contributed by atoms with Crippen LogP contribution in [0.1, 0.15) is 25.0 Å². The smallest absolute Gasteiger partial charge is 0.228 e. The first-order chi connectivity index (χ1) is 11.6. The minimum Gasteiger partial charge on any atom is -0.473 e. The molecule has 0 unspecified atom stereocenters. The Balaban J connectivity index is 2.05. The van der Waals surface area contributed by atoms with Crippen LogP contribution >= 0.6 is 0 Å². The third kappa shape index (κ3) is 6.09. The van der Waals surface area contributed by atoms with Crippen molar-refractivity contribution in [2.75, 3.05) is 51.8 Å². The summed E-state index contributed by atoms with van der Waals surface area (Å²) >= 11 is 0. The first-order valence-electron chi connectivity index (χ1n) is 8.69. The van der Waals surface area contributed by atoms with Crippen molar-refractivity contribution in [2.24, 2.45) is 0 Å². The molecule has 0 aliphatic carbocycles. The molecule has 0 radical (unpaired) electrons. The third-order valence-electron chi connectivity index (χ3n) is 3.98. The van der Waals surface area contributed by atoms with Crippen LogP contribution in [0.2, 0.25) is 0 Å². The van der Waals surface area contributed by atoms with E-state index in [0.29, 0.717) is 11.8 Å². The van der Waals surface area contributed by atoms with E-state index in [1.165, 1.54) is 0 Å². The van der Waals surface area contributed by atoms with Crippen LogP contribution in [0.3, 0.4) is 0 Å². The molecule has 0 spiro atoms. The zero-order chi connectivity index (χ0) is 17.4. The average Bonchev–Trinajstić information content (AvgIpc) is 2.80. The van der Waals surface area contributed by atoms with Crippen molar-refractivity contribution in [3.05, 3.63) is 24.4 Å². The van der Waals surface area contributed by atoms with Crippen molar-refractivity contribution in [3.63, 3.8) is 0 Å². The second-order valence-corrected chi connectivity index (χ2v) is 6.41. The summed E-state index contributed by atoms with van der Waals surface area (Å²) in [5.74, 6) is 1.32. The average molecular weight is 334 g/mol. The van der Waals surface area contributed by atoms with Crippen molar-refractivity contribution in [2.45, 2.75) is 32.3 Å². The van der Waals surface area contributed by atoms with Gasteiger partial charge in [-0.1, -0.05) is 6.08 Å². The predicted octanol–water partition coefficient (Wildman–Crippen LogP) is 2.29. The van der Waals surface area contributed by atoms with Crippen LogP contribution in [0.4, 0.5) is 5.95 Å². The Labute approximate surface area is 145 Å². The van der Waals surface area contributed by atoms with E-state index in [1.54, 1.807) is 0 Å². The minimum atomic E-state index is 0.0883. The van der Waals surface area contributed by atoms with Crippen LogP contribution < -0.4 is 9.64 Å². The van der Waals surface area contributed by atoms with E-state index in [4.69, 9.17) is 9.47 Å². The van der Waals surface area contributed by atoms with Gasteiger partial charge in [0.2, 0.25) is 11.8 Å². The highest BCUT2D eigenvalue weighted by Gasteiger charge is 2.18. The molecule has 0 amide bonds. The first kappa shape index (κ1) is 18.7. The van der Waals surface area contributed by atoms with Gasteiger partial charge in [-0.3, -0.25) is 4.90 Å². The fraction of sp³-hybridized carbons (Fsp3) is 0.667. The monoisotopic (exact) mass is 334 g/mol. The van der Waals surface area contributed by atoms with Gasteiger partial charge in [-0.25, -0.2) is 4.98 Å². The number of hydrogen-bond donors (Lipinski definition) is 0. The van der Waals surface area contributed by atoms with Crippen LogP contribution in [0.5, 0.6) is 5.88 Å². The number of rotatable bonds is 8. The lowest BCUT2D eigenvalue weighted by atomic mass is 10.1. The molecule has 0 N–H and O–H groups in total. The van der Waals surface area contributed by atoms with Crippen molar-refractivity contribution in [3.8, 4) is 5.88 Å². The molecular weight excluding hydrogens is 304 g/mol. The normalized spacial score (nSPS) is 17.1. The van der Waals surface area contributed by atoms with E-state index in [2.05, 4.69) is 21.4 Å². The van der Waals surface area contributed by atoms with Gasteiger partial charge in [0.05, 0.1) is 6.61 Å². The molecule has 1 aliphatic heterocycles. The summed E-state index contributed by atoms with van der Waals surface area (Å²) < 4.78 is 11.8. The van der Waals surface area contributed by atoms with E-state index in [0.717, 1.165) is 57.8 Å². The van der Waals surface area contributed by atoms with Crippen LogP contribution in [-0.2, 0) is 4.74 Å². The van der Waals surface area contributed by atoms with Crippen LogP contribution in [-0.4, -0.2) is 67.9 Å². The number of ether oxygens (including phenoxy) is 2. The molecule has 1 saturated heterocycles. The van der Waals surface area contributed by atoms with Gasteiger partial charge in [-0.15, -0.1) is 6.58 Å². The maximum absolute atomic E-state index is 6.22. The Morgan fingerprint density at radius 1 is 1.38 bits per heavy atom. The number of nitrogens with zero attached hydrogens (tertiary/aromatic N) is 4. The number of aromatic nitrogens is 2. The van der Waals surface area contributed by atoms with E-state index in [9.17, 15) is 0 Å². The van der Waals surface area contributed by atoms with Crippen molar-refractivity contribution < 1.29 is 9.47 Å². The molecule has 134 valence electrons. The fourth-order valence-electron chi connectivity index (χ4n) is 2.72. The molecule has 6 nitrogen and oxygen atoms in total. The maximum Gasteiger partial charge on any atom is 0.228 e. The van der Waals surface area contributed by atoms with Gasteiger partial charge in [-0.05, 0) is 26.2 Å². The highest BCUT2D eigenvalue weighted by molar-refractivity contribution is 5.32. The largest absolute Gasteiger partial charge is 0.473 e. The Hall–Kier alpha value is -1.66. The molecule has 1 aromatic heterocycles. The molecule has 0 bridgehead atoms. The van der Waals surface area contributed by atoms with Crippen molar-refractivity contribution in [1.82, 2.24) is 14.9 Å². The van der Waals surface area contributed by atoms with Crippen molar-refractivity contribution >= 4 is 5.95 Å². The number of allylic oxidation sites excluding steroid dienone is 1. The summed E-state index contributed by atoms with van der Waals surface area (Å²) in [5.41, 5.74) is 0.911. The lowest BCUT2D eigenvalue weighted by Crippen LogP contribution is -2.37. The molecular formula is C18H30N4O2. The Morgan fingerprint density at radius 3 is 2.96 bits per heavy atom. The van der Waals surface area contributed by atoms with Crippen molar-refractivity contribution in [1.29, 1.82) is 0 Å². The van der Waals surface area contributed by atoms with Crippen LogP contribution in [0, 0.1) is 6.92 Å². The highest BCUT2D eigenvalue weighted by atomic mass is 16.5. The van der Waals surface area contributed by atoms with Gasteiger partial charge in [0.1, 0.15) is 6.10 Å². The first-order valence-corrected chi connectivity index (χ1v) is 8.69. The Kier molecular flexibility index (Phi) is 7.46. The maximum atomic E-state index is 6.22. The second-order valence-electron chi connectivity index (χ2n) is 6.41. The molecule has 2 heterocycles. The quantitative estimate of drug-likeness (QED) is 0.680. The van der Waals surface area contributed by atoms with Gasteiger partial charge < -0.3 is 14.4 Å². The predicted molar refractivity (Wildman–Crippen MR) is 96.8 cm³/mol. The van der Waals surface area contributed by atoms with E-state index >= 15 is 0 Å². The summed E-state index contributed by atoms with van der Waals surface area (Å²) in [7, 11) is 3.87. The summed E-state index contributed by atoms with van der Waals surface area (Å²) in [6.45, 7) is 10.3. The SMILES string of the molecule is C=CCC[C@@H](CN1CCCOCC1)Oc1cc(C)nc(N(C)C)n1. The van der Waals surface area contributed by atoms with Gasteiger partial charge in [-0.2, -0.15) is 4.98 Å². The van der Waals surface area contributed by atoms with Gasteiger partial charge in [0.25, 0.3) is 0 Å². The minimum absolute atomic E-state index is 0.0883. The summed E-state index contributed by atoms with van der Waals surface area (Å²) in [6.07, 6.45) is 4.97. The number of hydrogen-bond acceptors (Lipinski definition) is 6. The molecule has 6 heteroatoms. The summed E-state index contributed by atoms with van der Waals surface area (Å²) in [4.78, 5) is 13.3. The Bertz CT molecular complexity index is 514. The lowest BCUT2D eigenvalue weighted by Gasteiger charge is -2.26. The number of anilines is 1. The molecule has 1 atom stereocenters. The summed E-state index contributed by atoms with van der Waals surface area (Å²) in [5, 5.41) is 0. The van der Waals surface area contributed by atoms with E-state index in [-0.39, 0.29) is 6.10 Å². The lowest BCUT2D eigenvalue weighted by molar-refractivity contribution is 0.109. The van der Waals surface area contributed by atoms with E-state index in [1.807, 2.05) is 38.1 Å². The van der Waals surface area contributed by atoms with Gasteiger partial charge >= 0.3 is 0 Å². The fourth-order valence-corrected chi connectivity index (χ4v) is 2.72. The zero-order valence-corrected chi connectivity index (χ0v) is 15.2. The molecule has 1 aromatic rings. The summed E-state index contributed by atoms with van der Waals surface area (Å²) in [6, 6.07) is 1.90. The standard InChI is InChI=1S/C18H30N4O2/c1-5-6-8-16(14-22-9-7-11-23-12-10-22)24-17-13-15(2)19-18(20-17)21(3)4/h5,13,16H,1,6-12,14H2,2-4H3/t16-/m0/s1. The molecule has 0 saturated carbocycles. The highest BCUT2D eigenvalue weighted by Crippen LogP contribution is 2.17. The molecule has 1 fully saturated rings. The molecule has 1 aliphatic rings. The molecule has 24 heavy (non-hydrogen) atoms.